The van der Waals surface area contributed by atoms with Crippen LogP contribution in [0.1, 0.15) is 5.56 Å². The normalized spacial score (nSPS) is 11.3. The second-order valence-corrected chi connectivity index (χ2v) is 4.27. The van der Waals surface area contributed by atoms with Crippen molar-refractivity contribution in [2.45, 2.75) is 6.18 Å². The summed E-state index contributed by atoms with van der Waals surface area (Å²) in [5.41, 5.74) is -2.98. The van der Waals surface area contributed by atoms with Crippen LogP contribution in [0, 0.1) is 52.6 Å². The summed E-state index contributed by atoms with van der Waals surface area (Å²) in [6.07, 6.45) is -5.87. The van der Waals surface area contributed by atoms with Gasteiger partial charge < -0.3 is 4.74 Å². The molecule has 0 aliphatic heterocycles. The summed E-state index contributed by atoms with van der Waals surface area (Å²) < 4.78 is 147. The fourth-order valence-electron chi connectivity index (χ4n) is 1.64. The molecule has 2 aromatic rings. The minimum Gasteiger partial charge on any atom is -0.470 e. The second-order valence-electron chi connectivity index (χ2n) is 4.27. The molecule has 0 saturated carbocycles. The topological polar surface area (TPSA) is 9.23 Å². The molecular weight excluding hydrogens is 388 g/mol. The van der Waals surface area contributed by atoms with E-state index in [0.29, 0.717) is 0 Å². The van der Waals surface area contributed by atoms with Gasteiger partial charge in [0.25, 0.3) is 0 Å². The van der Waals surface area contributed by atoms with Gasteiger partial charge in [-0.25, -0.2) is 17.6 Å². The zero-order valence-corrected chi connectivity index (χ0v) is 12.1. The average molecular weight is 388 g/mol. The predicted molar refractivity (Wildman–Crippen MR) is 56.5 cm³/mol. The first-order valence-corrected chi connectivity index (χ1v) is 5.74. The third kappa shape index (κ3) is 3.61. The zero-order chi connectivity index (χ0) is 19.3. The second kappa shape index (κ2) is 7.36. The summed E-state index contributed by atoms with van der Waals surface area (Å²) in [4.78, 5) is 0. The van der Waals surface area contributed by atoms with Crippen LogP contribution < -0.4 is 23.6 Å². The Labute approximate surface area is 148 Å². The van der Waals surface area contributed by atoms with E-state index in [2.05, 4.69) is 4.74 Å². The number of ether oxygens (including phenoxy) is 1. The van der Waals surface area contributed by atoms with Crippen LogP contribution in [-0.2, 0) is 6.18 Å². The van der Waals surface area contributed by atoms with E-state index in [1.54, 1.807) is 0 Å². The molecule has 0 atom stereocenters. The molecule has 0 spiro atoms. The van der Waals surface area contributed by atoms with E-state index in [1.165, 1.54) is 0 Å². The Morgan fingerprint density at radius 3 is 1.27 bits per heavy atom. The largest absolute Gasteiger partial charge is 1.00 e. The van der Waals surface area contributed by atoms with Crippen molar-refractivity contribution in [3.05, 3.63) is 58.2 Å². The van der Waals surface area contributed by atoms with Gasteiger partial charge in [0.2, 0.25) is 17.4 Å². The molecule has 0 saturated heterocycles. The number of hydrogen-bond donors (Lipinski definition) is 0. The molecule has 0 bridgehead atoms. The van der Waals surface area contributed by atoms with Gasteiger partial charge in [0.15, 0.2) is 11.6 Å². The number of alkyl halides is 3. The molecule has 0 heterocycles. The van der Waals surface area contributed by atoms with Gasteiger partial charge in [0.1, 0.15) is 5.56 Å². The fourth-order valence-corrected chi connectivity index (χ4v) is 1.64. The van der Waals surface area contributed by atoms with Gasteiger partial charge >= 0.3 is 25.0 Å². The molecule has 0 N–H and O–H groups in total. The third-order valence-corrected chi connectivity index (χ3v) is 2.71. The van der Waals surface area contributed by atoms with Gasteiger partial charge in [-0.05, 0) is 0 Å². The first kappa shape index (κ1) is 22.1. The third-order valence-electron chi connectivity index (χ3n) is 2.71. The Hall–Kier alpha value is -1.93. The van der Waals surface area contributed by atoms with Crippen LogP contribution >= 0.6 is 0 Å². The maximum absolute atomic E-state index is 13.5. The zero-order valence-electron chi connectivity index (χ0n) is 12.1. The molecule has 26 heavy (non-hydrogen) atoms. The van der Waals surface area contributed by atoms with Crippen LogP contribution in [0.25, 0.3) is 0 Å². The number of hydrogen-bond acceptors (Lipinski definition) is 1. The van der Waals surface area contributed by atoms with E-state index in [1.807, 2.05) is 0 Å². The van der Waals surface area contributed by atoms with E-state index >= 15 is 0 Å². The number of rotatable bonds is 2. The van der Waals surface area contributed by atoms with E-state index in [0.717, 1.165) is 6.07 Å². The molecule has 0 aromatic heterocycles. The molecule has 0 amide bonds. The summed E-state index contributed by atoms with van der Waals surface area (Å²) in [7, 11) is 0. The number of benzene rings is 2. The molecule has 136 valence electrons. The van der Waals surface area contributed by atoms with Gasteiger partial charge in [0.05, 0.1) is 29.0 Å². The Morgan fingerprint density at radius 2 is 0.923 bits per heavy atom. The van der Waals surface area contributed by atoms with Crippen LogP contribution in [0.4, 0.5) is 48.3 Å². The van der Waals surface area contributed by atoms with Crippen LogP contribution in [-0.4, -0.2) is 0 Å². The molecule has 0 aliphatic rings. The molecule has 13 heteroatoms. The summed E-state index contributed by atoms with van der Waals surface area (Å²) in [6.45, 7) is 0. The van der Waals surface area contributed by atoms with Crippen LogP contribution in [0.5, 0.6) is 11.5 Å². The summed E-state index contributed by atoms with van der Waals surface area (Å²) in [5.74, 6) is -25.5. The first-order valence-electron chi connectivity index (χ1n) is 5.74. The average Bonchev–Trinajstić information content (AvgIpc) is 2.49. The van der Waals surface area contributed by atoms with Gasteiger partial charge in [-0.15, -0.1) is 6.07 Å². The fraction of sp³-hybridized carbons (Fsp3) is 0.0769. The van der Waals surface area contributed by atoms with Gasteiger partial charge in [-0.1, -0.05) is 0 Å². The molecule has 1 nitrogen and oxygen atoms in total. The Morgan fingerprint density at radius 1 is 0.577 bits per heavy atom. The van der Waals surface area contributed by atoms with Gasteiger partial charge in [0, 0.05) is 0 Å². The van der Waals surface area contributed by atoms with Crippen LogP contribution in [0.3, 0.4) is 0 Å². The molecular formula is C13F11LiO. The Bertz CT molecular complexity index is 807. The SMILES string of the molecule is Fc1[c-]c(F)c(F)c(Oc2c(F)c(F)c(C(F)(F)F)c(F)c2F)c1F.[Li+]. The quantitative estimate of drug-likeness (QED) is 0.333. The van der Waals surface area contributed by atoms with E-state index in [4.69, 9.17) is 0 Å². The minimum atomic E-state index is -5.87. The van der Waals surface area contributed by atoms with Crippen molar-refractivity contribution in [1.82, 2.24) is 0 Å². The van der Waals surface area contributed by atoms with Crippen molar-refractivity contribution >= 4 is 0 Å². The maximum Gasteiger partial charge on any atom is 1.00 e. The van der Waals surface area contributed by atoms with Crippen molar-refractivity contribution in [2.24, 2.45) is 0 Å². The minimum absolute atomic E-state index is 0. The summed E-state index contributed by atoms with van der Waals surface area (Å²) in [5, 5.41) is 0. The van der Waals surface area contributed by atoms with Crippen LogP contribution in [0.15, 0.2) is 0 Å². The van der Waals surface area contributed by atoms with Gasteiger partial charge in [-0.2, -0.15) is 22.0 Å². The maximum atomic E-state index is 13.5. The van der Waals surface area contributed by atoms with E-state index in [-0.39, 0.29) is 18.9 Å². The molecule has 0 fully saturated rings. The van der Waals surface area contributed by atoms with Crippen LogP contribution in [0.2, 0.25) is 0 Å². The molecule has 0 unspecified atom stereocenters. The van der Waals surface area contributed by atoms with Crippen molar-refractivity contribution < 1.29 is 71.9 Å². The van der Waals surface area contributed by atoms with Crippen molar-refractivity contribution in [2.75, 3.05) is 0 Å². The van der Waals surface area contributed by atoms with Crippen molar-refractivity contribution in [3.8, 4) is 11.5 Å². The van der Waals surface area contributed by atoms with E-state index in [9.17, 15) is 48.3 Å². The van der Waals surface area contributed by atoms with Crippen molar-refractivity contribution in [1.29, 1.82) is 0 Å². The smallest absolute Gasteiger partial charge is 0.470 e. The molecule has 0 radical (unpaired) electrons. The summed E-state index contributed by atoms with van der Waals surface area (Å²) >= 11 is 0. The van der Waals surface area contributed by atoms with Crippen molar-refractivity contribution in [3.63, 3.8) is 0 Å². The first-order chi connectivity index (χ1) is 11.4. The number of halogens is 11. The monoisotopic (exact) mass is 388 g/mol. The standard InChI is InChI=1S/C13F11O.Li/c14-2-1-3(15)6(17)11(5(2)16)25-12-9(20)7(18)4(13(22,23)24)8(19)10(12)21;/q-1;+1. The Balaban J connectivity index is 0.00000338. The summed E-state index contributed by atoms with van der Waals surface area (Å²) in [6, 6.07) is 0.866. The molecule has 2 aromatic carbocycles. The molecule has 0 aliphatic carbocycles. The predicted octanol–water partition coefficient (Wildman–Crippen LogP) is 2.41. The Kier molecular flexibility index (Phi) is 6.26. The van der Waals surface area contributed by atoms with Gasteiger partial charge in [-0.3, -0.25) is 8.78 Å². The van der Waals surface area contributed by atoms with E-state index < -0.39 is 69.8 Å². The molecule has 2 rings (SSSR count).